The van der Waals surface area contributed by atoms with E-state index in [9.17, 15) is 18.7 Å². The smallest absolute Gasteiger partial charge is 0.872 e. The van der Waals surface area contributed by atoms with Crippen LogP contribution in [0.25, 0.3) is 21.2 Å². The van der Waals surface area contributed by atoms with Crippen molar-refractivity contribution in [2.45, 2.75) is 92.2 Å². The molecule has 3 aromatic carbocycles. The number of thiophene rings is 1. The Morgan fingerprint density at radius 1 is 0.935 bits per heavy atom. The monoisotopic (exact) mass is 696 g/mol. The molecule has 1 amide bonds. The molecule has 0 saturated heterocycles. The molecule has 4 nitrogen and oxygen atoms in total. The number of carbonyl (C=O) groups is 1. The van der Waals surface area contributed by atoms with Gasteiger partial charge in [-0.1, -0.05) is 108 Å². The number of unbranched alkanes of at least 4 members (excludes halogenated alkanes) is 1. The summed E-state index contributed by atoms with van der Waals surface area (Å²) in [5, 5.41) is 14.2. The molecule has 1 aromatic heterocycles. The summed E-state index contributed by atoms with van der Waals surface area (Å²) >= 11 is 7.41. The fraction of sp³-hybridized carbons (Fsp3) is 0.432. The van der Waals surface area contributed by atoms with E-state index in [2.05, 4.69) is 19.2 Å². The normalized spacial score (nSPS) is 12.4. The van der Waals surface area contributed by atoms with Gasteiger partial charge in [-0.3, -0.25) is 4.79 Å². The Labute approximate surface area is 326 Å². The molecule has 1 heterocycles. The molecule has 0 spiro atoms. The Bertz CT molecular complexity index is 1490. The van der Waals surface area contributed by atoms with Crippen molar-refractivity contribution in [2.75, 3.05) is 14.1 Å². The van der Waals surface area contributed by atoms with Crippen molar-refractivity contribution >= 4 is 38.9 Å². The molecule has 0 bridgehead atoms. The van der Waals surface area contributed by atoms with Crippen molar-refractivity contribution < 1.29 is 70.1 Å². The van der Waals surface area contributed by atoms with Gasteiger partial charge < -0.3 is 15.3 Å². The SMILES string of the molecule is CC.CCCC.CNC.Cc1ccc(-c2ccc([O-])cc2)cc1CN(C(=O)c1sc2c(F)ccc(F)c2c1Cl)C1CCCCC1.[K+]. The van der Waals surface area contributed by atoms with E-state index < -0.39 is 11.6 Å². The van der Waals surface area contributed by atoms with Gasteiger partial charge in [0.2, 0.25) is 0 Å². The van der Waals surface area contributed by atoms with Gasteiger partial charge in [-0.05, 0) is 74.3 Å². The van der Waals surface area contributed by atoms with Crippen LogP contribution in [0.3, 0.4) is 0 Å². The van der Waals surface area contributed by atoms with E-state index in [1.54, 1.807) is 12.1 Å². The zero-order valence-electron chi connectivity index (χ0n) is 28.7. The van der Waals surface area contributed by atoms with Crippen LogP contribution in [-0.4, -0.2) is 30.9 Å². The summed E-state index contributed by atoms with van der Waals surface area (Å²) in [5.41, 5.74) is 3.89. The molecule has 46 heavy (non-hydrogen) atoms. The van der Waals surface area contributed by atoms with Gasteiger partial charge in [0.1, 0.15) is 16.5 Å². The Morgan fingerprint density at radius 3 is 2.02 bits per heavy atom. The van der Waals surface area contributed by atoms with E-state index in [0.29, 0.717) is 6.54 Å². The Kier molecular flexibility index (Phi) is 20.7. The molecule has 1 aliphatic rings. The third kappa shape index (κ3) is 11.7. The van der Waals surface area contributed by atoms with Crippen LogP contribution in [0.4, 0.5) is 8.78 Å². The maximum atomic E-state index is 14.5. The number of rotatable bonds is 6. The summed E-state index contributed by atoms with van der Waals surface area (Å²) < 4.78 is 29.0. The molecular weight excluding hydrogens is 649 g/mol. The van der Waals surface area contributed by atoms with E-state index in [1.807, 2.05) is 58.0 Å². The molecule has 1 saturated carbocycles. The maximum Gasteiger partial charge on any atom is 1.00 e. The molecule has 0 radical (unpaired) electrons. The van der Waals surface area contributed by atoms with Gasteiger partial charge in [0.15, 0.2) is 0 Å². The number of benzene rings is 3. The van der Waals surface area contributed by atoms with Crippen LogP contribution < -0.4 is 61.8 Å². The van der Waals surface area contributed by atoms with E-state index >= 15 is 0 Å². The van der Waals surface area contributed by atoms with Crippen LogP contribution in [0.15, 0.2) is 54.6 Å². The van der Waals surface area contributed by atoms with Gasteiger partial charge in [-0.2, -0.15) is 0 Å². The van der Waals surface area contributed by atoms with Crippen molar-refractivity contribution in [3.63, 3.8) is 0 Å². The second-order valence-corrected chi connectivity index (χ2v) is 12.3. The second-order valence-electron chi connectivity index (χ2n) is 10.9. The average molecular weight is 697 g/mol. The van der Waals surface area contributed by atoms with Crippen molar-refractivity contribution in [1.82, 2.24) is 10.2 Å². The quantitative estimate of drug-likeness (QED) is 0.212. The van der Waals surface area contributed by atoms with Crippen LogP contribution in [0.2, 0.25) is 5.02 Å². The summed E-state index contributed by atoms with van der Waals surface area (Å²) in [4.78, 5) is 15.9. The summed E-state index contributed by atoms with van der Waals surface area (Å²) in [6, 6.07) is 14.8. The van der Waals surface area contributed by atoms with Gasteiger partial charge in [0.25, 0.3) is 5.91 Å². The Balaban J connectivity index is 0.000000952. The zero-order chi connectivity index (χ0) is 33.5. The minimum Gasteiger partial charge on any atom is -0.872 e. The topological polar surface area (TPSA) is 55.4 Å². The zero-order valence-corrected chi connectivity index (χ0v) is 33.4. The fourth-order valence-electron chi connectivity index (χ4n) is 4.98. The molecule has 246 valence electrons. The molecule has 1 aliphatic carbocycles. The molecule has 1 fully saturated rings. The number of amides is 1. The van der Waals surface area contributed by atoms with Crippen molar-refractivity contribution in [2.24, 2.45) is 0 Å². The summed E-state index contributed by atoms with van der Waals surface area (Å²) in [6.07, 6.45) is 7.57. The largest absolute Gasteiger partial charge is 1.00 e. The van der Waals surface area contributed by atoms with Gasteiger partial charge in [-0.15, -0.1) is 17.1 Å². The molecule has 9 heteroatoms. The van der Waals surface area contributed by atoms with E-state index in [0.717, 1.165) is 77.8 Å². The second kappa shape index (κ2) is 22.3. The summed E-state index contributed by atoms with van der Waals surface area (Å²) in [7, 11) is 3.75. The minimum atomic E-state index is -0.636. The third-order valence-electron chi connectivity index (χ3n) is 7.53. The predicted octanol–water partition coefficient (Wildman–Crippen LogP) is 7.53. The number of halogens is 3. The first-order chi connectivity index (χ1) is 21.7. The molecule has 5 rings (SSSR count). The summed E-state index contributed by atoms with van der Waals surface area (Å²) in [6.45, 7) is 10.7. The third-order valence-corrected chi connectivity index (χ3v) is 9.21. The van der Waals surface area contributed by atoms with Crippen molar-refractivity contribution in [3.8, 4) is 16.9 Å². The first-order valence-electron chi connectivity index (χ1n) is 16.0. The first kappa shape index (κ1) is 42.7. The van der Waals surface area contributed by atoms with E-state index in [1.165, 1.54) is 25.0 Å². The number of aryl methyl sites for hydroxylation is 1. The number of carbonyl (C=O) groups excluding carboxylic acids is 1. The Hall–Kier alpha value is -1.36. The molecular formula is C37H48ClF2KN2O2S. The predicted molar refractivity (Wildman–Crippen MR) is 186 cm³/mol. The average Bonchev–Trinajstić information content (AvgIpc) is 3.42. The minimum absolute atomic E-state index is 0. The van der Waals surface area contributed by atoms with Crippen LogP contribution in [-0.2, 0) is 6.54 Å². The molecule has 0 aliphatic heterocycles. The van der Waals surface area contributed by atoms with Gasteiger partial charge in [-0.25, -0.2) is 8.78 Å². The number of hydrogen-bond donors (Lipinski definition) is 1. The number of fused-ring (bicyclic) bond motifs is 1. The molecule has 0 unspecified atom stereocenters. The fourth-order valence-corrected chi connectivity index (χ4v) is 6.48. The maximum absolute atomic E-state index is 14.5. The summed E-state index contributed by atoms with van der Waals surface area (Å²) in [5.74, 6) is -1.57. The van der Waals surface area contributed by atoms with Crippen LogP contribution in [0.5, 0.6) is 5.75 Å². The van der Waals surface area contributed by atoms with E-state index in [4.69, 9.17) is 11.6 Å². The first-order valence-corrected chi connectivity index (χ1v) is 17.2. The number of nitrogens with one attached hydrogen (secondary N) is 1. The Morgan fingerprint density at radius 2 is 1.48 bits per heavy atom. The van der Waals surface area contributed by atoms with Crippen LogP contribution >= 0.6 is 22.9 Å². The van der Waals surface area contributed by atoms with Gasteiger partial charge >= 0.3 is 51.4 Å². The van der Waals surface area contributed by atoms with Crippen LogP contribution in [0.1, 0.15) is 93.4 Å². The van der Waals surface area contributed by atoms with Crippen molar-refractivity contribution in [1.29, 1.82) is 0 Å². The molecule has 0 atom stereocenters. The number of hydrogen-bond acceptors (Lipinski definition) is 4. The molecule has 4 aromatic rings. The van der Waals surface area contributed by atoms with E-state index in [-0.39, 0.29) is 89.1 Å². The number of nitrogens with zero attached hydrogens (tertiary/aromatic N) is 1. The molecule has 1 N–H and O–H groups in total. The van der Waals surface area contributed by atoms with Gasteiger partial charge in [0, 0.05) is 12.6 Å². The van der Waals surface area contributed by atoms with Gasteiger partial charge in [0.05, 0.1) is 15.1 Å². The standard InChI is InChI=1S/C29H26ClF2NO2S.C4H10.C2H7N.C2H6.K/c1-17-7-8-19(18-9-11-22(34)12-10-18)15-20(17)16-33(21-5-3-2-4-6-21)29(35)28-26(30)25-23(31)13-14-24(32)27(25)36-28;1-3-4-2;1-3-2;1-2;/h7-15,21,34H,2-6,16H2,1H3;3-4H2,1-2H3;3H,1-2H3;1-2H3;/q;;;;+1/p-1. The van der Waals surface area contributed by atoms with Crippen LogP contribution in [0, 0.1) is 18.6 Å². The van der Waals surface area contributed by atoms with Crippen molar-refractivity contribution in [3.05, 3.63) is 87.3 Å².